The van der Waals surface area contributed by atoms with Crippen molar-refractivity contribution in [3.05, 3.63) is 47.2 Å². The molecule has 2 nitrogen and oxygen atoms in total. The number of hydrogen-bond donors (Lipinski definition) is 1. The predicted octanol–water partition coefficient (Wildman–Crippen LogP) is 6.42. The number of hydrogen-bond acceptors (Lipinski definition) is 2. The van der Waals surface area contributed by atoms with Gasteiger partial charge in [-0.25, -0.2) is 0 Å². The number of rotatable bonds is 7. The zero-order valence-electron chi connectivity index (χ0n) is 17.2. The van der Waals surface area contributed by atoms with Crippen LogP contribution in [0.2, 0.25) is 0 Å². The van der Waals surface area contributed by atoms with Crippen molar-refractivity contribution in [2.24, 2.45) is 10.9 Å². The van der Waals surface area contributed by atoms with Crippen LogP contribution in [0.25, 0.3) is 0 Å². The maximum atomic E-state index is 12.4. The van der Waals surface area contributed by atoms with Crippen molar-refractivity contribution < 1.29 is 13.2 Å². The third-order valence-electron chi connectivity index (χ3n) is 4.17. The molecule has 0 atom stereocenters. The largest absolute Gasteiger partial charge is 0.416 e. The minimum atomic E-state index is -4.23. The monoisotopic (exact) mass is 382 g/mol. The highest BCUT2D eigenvalue weighted by Gasteiger charge is 2.30. The zero-order chi connectivity index (χ0) is 20.4. The number of aryl methyl sites for hydroxylation is 1. The number of nitrogens with zero attached hydrogens (tertiary/aromatic N) is 1. The lowest BCUT2D eigenvalue weighted by Gasteiger charge is -2.09. The van der Waals surface area contributed by atoms with E-state index in [1.807, 2.05) is 6.20 Å². The van der Waals surface area contributed by atoms with E-state index in [1.54, 1.807) is 6.07 Å². The number of benzene rings is 1. The fraction of sp³-hybridized carbons (Fsp3) is 0.591. The van der Waals surface area contributed by atoms with Gasteiger partial charge in [0.25, 0.3) is 0 Å². The topological polar surface area (TPSA) is 24.4 Å². The van der Waals surface area contributed by atoms with Crippen LogP contribution in [0.15, 0.2) is 41.0 Å². The van der Waals surface area contributed by atoms with Crippen LogP contribution in [-0.2, 0) is 12.6 Å². The molecule has 1 aliphatic rings. The zero-order valence-corrected chi connectivity index (χ0v) is 17.2. The highest BCUT2D eigenvalue weighted by Crippen LogP contribution is 2.29. The Morgan fingerprint density at radius 1 is 1.15 bits per heavy atom. The van der Waals surface area contributed by atoms with Gasteiger partial charge < -0.3 is 5.32 Å². The Morgan fingerprint density at radius 3 is 2.37 bits per heavy atom. The molecule has 0 aliphatic carbocycles. The Balaban J connectivity index is 0.000000289. The van der Waals surface area contributed by atoms with Crippen molar-refractivity contribution in [3.63, 3.8) is 0 Å². The second-order valence-corrected chi connectivity index (χ2v) is 7.87. The van der Waals surface area contributed by atoms with E-state index in [-0.39, 0.29) is 0 Å². The molecule has 1 N–H and O–H groups in total. The fourth-order valence-electron chi connectivity index (χ4n) is 2.66. The number of aliphatic imine (C=N–C) groups is 1. The summed E-state index contributed by atoms with van der Waals surface area (Å²) in [5, 5.41) is 3.34. The SMILES string of the molecule is CC(C)CCCc1cccc(C(F)(F)F)c1.CC1=CN=C(CNC(C)C)C1. The van der Waals surface area contributed by atoms with E-state index in [1.165, 1.54) is 23.4 Å². The fourth-order valence-corrected chi connectivity index (χ4v) is 2.66. The van der Waals surface area contributed by atoms with E-state index in [4.69, 9.17) is 0 Å². The average Bonchev–Trinajstić information content (AvgIpc) is 2.98. The molecule has 152 valence electrons. The maximum absolute atomic E-state index is 12.4. The van der Waals surface area contributed by atoms with Crippen LogP contribution in [0.5, 0.6) is 0 Å². The lowest BCUT2D eigenvalue weighted by molar-refractivity contribution is -0.137. The molecule has 0 radical (unpaired) electrons. The molecule has 0 spiro atoms. The second kappa shape index (κ2) is 11.3. The molecule has 0 unspecified atom stereocenters. The number of alkyl halides is 3. The third kappa shape index (κ3) is 10.3. The summed E-state index contributed by atoms with van der Waals surface area (Å²) in [5.74, 6) is 0.603. The summed E-state index contributed by atoms with van der Waals surface area (Å²) in [6.45, 7) is 11.6. The molecule has 0 amide bonds. The smallest absolute Gasteiger partial charge is 0.309 e. The van der Waals surface area contributed by atoms with Crippen LogP contribution < -0.4 is 5.32 Å². The van der Waals surface area contributed by atoms with Gasteiger partial charge >= 0.3 is 6.18 Å². The van der Waals surface area contributed by atoms with Crippen molar-refractivity contribution in [1.82, 2.24) is 5.32 Å². The molecule has 1 aliphatic heterocycles. The van der Waals surface area contributed by atoms with Crippen molar-refractivity contribution >= 4 is 5.71 Å². The highest BCUT2D eigenvalue weighted by atomic mass is 19.4. The molecule has 5 heteroatoms. The summed E-state index contributed by atoms with van der Waals surface area (Å²) < 4.78 is 37.3. The Bertz CT molecular complexity index is 629. The first-order valence-corrected chi connectivity index (χ1v) is 9.68. The lowest BCUT2D eigenvalue weighted by atomic mass is 10.0. The molecule has 1 heterocycles. The summed E-state index contributed by atoms with van der Waals surface area (Å²) in [6, 6.07) is 6.16. The first-order chi connectivity index (χ1) is 12.6. The predicted molar refractivity (Wildman–Crippen MR) is 108 cm³/mol. The molecule has 0 fully saturated rings. The summed E-state index contributed by atoms with van der Waals surface area (Å²) in [4.78, 5) is 4.28. The Morgan fingerprint density at radius 2 is 1.85 bits per heavy atom. The molecule has 27 heavy (non-hydrogen) atoms. The highest BCUT2D eigenvalue weighted by molar-refractivity contribution is 5.90. The maximum Gasteiger partial charge on any atom is 0.416 e. The Labute approximate surface area is 162 Å². The molecule has 0 aromatic heterocycles. The summed E-state index contributed by atoms with van der Waals surface area (Å²) in [5.41, 5.74) is 2.85. The van der Waals surface area contributed by atoms with E-state index in [2.05, 4.69) is 44.9 Å². The summed E-state index contributed by atoms with van der Waals surface area (Å²) in [7, 11) is 0. The van der Waals surface area contributed by atoms with Gasteiger partial charge in [-0.1, -0.05) is 52.3 Å². The average molecular weight is 383 g/mol. The molecule has 0 saturated carbocycles. The molecule has 0 saturated heterocycles. The van der Waals surface area contributed by atoms with Gasteiger partial charge in [0.05, 0.1) is 5.56 Å². The van der Waals surface area contributed by atoms with Gasteiger partial charge in [0.15, 0.2) is 0 Å². The minimum absolute atomic E-state index is 0.547. The van der Waals surface area contributed by atoms with E-state index in [9.17, 15) is 13.2 Å². The molecule has 1 aromatic carbocycles. The van der Waals surface area contributed by atoms with Gasteiger partial charge in [-0.3, -0.25) is 4.99 Å². The van der Waals surface area contributed by atoms with Crippen molar-refractivity contribution in [2.45, 2.75) is 72.5 Å². The molecular weight excluding hydrogens is 349 g/mol. The van der Waals surface area contributed by atoms with E-state index >= 15 is 0 Å². The first kappa shape index (κ1) is 23.4. The molecular formula is C22H33F3N2. The number of halogens is 3. The van der Waals surface area contributed by atoms with Gasteiger partial charge in [0, 0.05) is 30.9 Å². The molecule has 2 rings (SSSR count). The van der Waals surface area contributed by atoms with Crippen LogP contribution in [0.1, 0.15) is 65.0 Å². The van der Waals surface area contributed by atoms with Crippen molar-refractivity contribution in [2.75, 3.05) is 6.54 Å². The van der Waals surface area contributed by atoms with Gasteiger partial charge in [-0.2, -0.15) is 13.2 Å². The van der Waals surface area contributed by atoms with Crippen LogP contribution in [0.3, 0.4) is 0 Å². The van der Waals surface area contributed by atoms with Crippen molar-refractivity contribution in [3.8, 4) is 0 Å². The summed E-state index contributed by atoms with van der Waals surface area (Å²) >= 11 is 0. The normalized spacial score (nSPS) is 14.1. The van der Waals surface area contributed by atoms with E-state index in [0.29, 0.717) is 12.0 Å². The molecule has 0 bridgehead atoms. The minimum Gasteiger partial charge on any atom is -0.309 e. The van der Waals surface area contributed by atoms with Gasteiger partial charge in [-0.05, 0) is 42.9 Å². The Kier molecular flexibility index (Phi) is 9.78. The van der Waals surface area contributed by atoms with Gasteiger partial charge in [0.2, 0.25) is 0 Å². The summed E-state index contributed by atoms with van der Waals surface area (Å²) in [6.07, 6.45) is 1.50. The van der Waals surface area contributed by atoms with Gasteiger partial charge in [-0.15, -0.1) is 0 Å². The second-order valence-electron chi connectivity index (χ2n) is 7.87. The third-order valence-corrected chi connectivity index (χ3v) is 4.17. The van der Waals surface area contributed by atoms with Crippen LogP contribution in [0.4, 0.5) is 13.2 Å². The lowest BCUT2D eigenvalue weighted by Crippen LogP contribution is -2.28. The first-order valence-electron chi connectivity index (χ1n) is 9.68. The molecule has 1 aromatic rings. The number of nitrogens with one attached hydrogen (secondary N) is 1. The number of allylic oxidation sites excluding steroid dienone is 1. The van der Waals surface area contributed by atoms with E-state index in [0.717, 1.165) is 43.9 Å². The van der Waals surface area contributed by atoms with Gasteiger partial charge in [0.1, 0.15) is 0 Å². The van der Waals surface area contributed by atoms with Crippen molar-refractivity contribution in [1.29, 1.82) is 0 Å². The quantitative estimate of drug-likeness (QED) is 0.578. The van der Waals surface area contributed by atoms with Crippen LogP contribution >= 0.6 is 0 Å². The van der Waals surface area contributed by atoms with Crippen LogP contribution in [0, 0.1) is 5.92 Å². The van der Waals surface area contributed by atoms with Crippen LogP contribution in [-0.4, -0.2) is 18.3 Å². The standard InChI is InChI=1S/C13H17F3.C9H16N2/c1-10(2)5-3-6-11-7-4-8-12(9-11)13(14,15)16;1-7(2)10-6-9-4-8(3)5-11-9/h4,7-10H,3,5-6H2,1-2H3;5,7,10H,4,6H2,1-3H3. The van der Waals surface area contributed by atoms with E-state index < -0.39 is 11.7 Å². The Hall–Kier alpha value is -1.62.